The largest absolute Gasteiger partial charge is 0.466 e. The van der Waals surface area contributed by atoms with Crippen LogP contribution < -0.4 is 0 Å². The molecule has 0 aliphatic carbocycles. The number of nitrogens with zero attached hydrogens (tertiary/aromatic N) is 1. The van der Waals surface area contributed by atoms with Gasteiger partial charge in [0.25, 0.3) is 5.69 Å². The number of alkyl halides is 3. The molecule has 0 heterocycles. The Labute approximate surface area is 118 Å². The number of nitro groups is 1. The van der Waals surface area contributed by atoms with Crippen LogP contribution in [0.25, 0.3) is 6.08 Å². The summed E-state index contributed by atoms with van der Waals surface area (Å²) >= 11 is 0. The van der Waals surface area contributed by atoms with Crippen LogP contribution in [0.3, 0.4) is 0 Å². The van der Waals surface area contributed by atoms with Gasteiger partial charge < -0.3 is 4.74 Å². The van der Waals surface area contributed by atoms with Crippen molar-refractivity contribution in [3.8, 4) is 0 Å². The van der Waals surface area contributed by atoms with E-state index in [4.69, 9.17) is 0 Å². The molecule has 0 radical (unpaired) electrons. The van der Waals surface area contributed by atoms with E-state index in [1.807, 2.05) is 0 Å². The van der Waals surface area contributed by atoms with Gasteiger partial charge in [-0.3, -0.25) is 14.9 Å². The number of non-ortho nitro benzene ring substituents is 1. The molecule has 1 aromatic rings. The molecule has 21 heavy (non-hydrogen) atoms. The van der Waals surface area contributed by atoms with Crippen LogP contribution in [0.5, 0.6) is 0 Å². The highest BCUT2D eigenvalue weighted by atomic mass is 19.4. The molecule has 0 N–H and O–H groups in total. The number of carbonyl (C=O) groups excluding carboxylic acids is 1. The fourth-order valence-electron chi connectivity index (χ4n) is 1.51. The zero-order valence-corrected chi connectivity index (χ0v) is 11.0. The maximum absolute atomic E-state index is 12.6. The highest BCUT2D eigenvalue weighted by molar-refractivity contribution is 5.72. The summed E-state index contributed by atoms with van der Waals surface area (Å²) in [6.45, 7) is 1.82. The lowest BCUT2D eigenvalue weighted by molar-refractivity contribution is -0.385. The van der Waals surface area contributed by atoms with Gasteiger partial charge in [0.15, 0.2) is 0 Å². The SMILES string of the molecule is CCOC(=O)CC=Cc1cc([N+](=O)[O-])cc(C(F)(F)F)c1. The third-order valence-electron chi connectivity index (χ3n) is 2.38. The summed E-state index contributed by atoms with van der Waals surface area (Å²) in [6.07, 6.45) is -2.32. The van der Waals surface area contributed by atoms with Gasteiger partial charge >= 0.3 is 12.1 Å². The Balaban J connectivity index is 3.01. The number of hydrogen-bond acceptors (Lipinski definition) is 4. The van der Waals surface area contributed by atoms with Crippen molar-refractivity contribution >= 4 is 17.7 Å². The number of carbonyl (C=O) groups is 1. The van der Waals surface area contributed by atoms with E-state index in [0.717, 1.165) is 12.1 Å². The molecule has 0 unspecified atom stereocenters. The van der Waals surface area contributed by atoms with Crippen LogP contribution in [0.2, 0.25) is 0 Å². The lowest BCUT2D eigenvalue weighted by Crippen LogP contribution is -2.06. The molecular weight excluding hydrogens is 291 g/mol. The molecule has 0 saturated carbocycles. The lowest BCUT2D eigenvalue weighted by Gasteiger charge is -2.07. The lowest BCUT2D eigenvalue weighted by atomic mass is 10.1. The Hall–Kier alpha value is -2.38. The van der Waals surface area contributed by atoms with Crippen molar-refractivity contribution in [2.45, 2.75) is 19.5 Å². The van der Waals surface area contributed by atoms with Crippen molar-refractivity contribution in [3.05, 3.63) is 45.5 Å². The van der Waals surface area contributed by atoms with Gasteiger partial charge in [0.2, 0.25) is 0 Å². The van der Waals surface area contributed by atoms with Crippen LogP contribution >= 0.6 is 0 Å². The van der Waals surface area contributed by atoms with E-state index in [-0.39, 0.29) is 18.6 Å². The Kier molecular flexibility index (Phi) is 5.45. The second-order valence-electron chi connectivity index (χ2n) is 3.98. The van der Waals surface area contributed by atoms with Crippen LogP contribution in [-0.2, 0) is 15.7 Å². The monoisotopic (exact) mass is 303 g/mol. The van der Waals surface area contributed by atoms with Crippen LogP contribution in [0.4, 0.5) is 18.9 Å². The molecule has 1 rings (SSSR count). The molecule has 0 atom stereocenters. The van der Waals surface area contributed by atoms with Crippen LogP contribution in [-0.4, -0.2) is 17.5 Å². The number of rotatable bonds is 5. The summed E-state index contributed by atoms with van der Waals surface area (Å²) in [5.41, 5.74) is -1.80. The van der Waals surface area contributed by atoms with Gasteiger partial charge in [-0.25, -0.2) is 0 Å². The van der Waals surface area contributed by atoms with Crippen molar-refractivity contribution in [2.24, 2.45) is 0 Å². The molecule has 114 valence electrons. The average Bonchev–Trinajstić information content (AvgIpc) is 2.37. The molecule has 0 aliphatic rings. The quantitative estimate of drug-likeness (QED) is 0.473. The Morgan fingerprint density at radius 2 is 2.05 bits per heavy atom. The molecule has 0 aromatic heterocycles. The predicted molar refractivity (Wildman–Crippen MR) is 68.4 cm³/mol. The minimum atomic E-state index is -4.68. The van der Waals surface area contributed by atoms with Crippen molar-refractivity contribution in [2.75, 3.05) is 6.61 Å². The maximum Gasteiger partial charge on any atom is 0.416 e. The zero-order valence-electron chi connectivity index (χ0n) is 11.0. The van der Waals surface area contributed by atoms with E-state index in [9.17, 15) is 28.1 Å². The van der Waals surface area contributed by atoms with Crippen molar-refractivity contribution < 1.29 is 27.6 Å². The molecule has 0 amide bonds. The van der Waals surface area contributed by atoms with Crippen LogP contribution in [0.1, 0.15) is 24.5 Å². The second kappa shape index (κ2) is 6.87. The zero-order chi connectivity index (χ0) is 16.0. The molecule has 0 spiro atoms. The first kappa shape index (κ1) is 16.7. The molecule has 0 aliphatic heterocycles. The minimum Gasteiger partial charge on any atom is -0.466 e. The van der Waals surface area contributed by atoms with E-state index in [2.05, 4.69) is 4.74 Å². The number of esters is 1. The topological polar surface area (TPSA) is 69.4 Å². The standard InChI is InChI=1S/C13H12F3NO4/c1-2-21-12(18)5-3-4-9-6-10(13(14,15)16)8-11(7-9)17(19)20/h3-4,6-8H,2,5H2,1H3. The van der Waals surface area contributed by atoms with E-state index in [1.54, 1.807) is 6.92 Å². The van der Waals surface area contributed by atoms with Gasteiger partial charge in [-0.15, -0.1) is 0 Å². The highest BCUT2D eigenvalue weighted by Gasteiger charge is 2.32. The van der Waals surface area contributed by atoms with Gasteiger partial charge in [-0.1, -0.05) is 12.2 Å². The summed E-state index contributed by atoms with van der Waals surface area (Å²) in [5.74, 6) is -0.532. The van der Waals surface area contributed by atoms with Gasteiger partial charge in [-0.2, -0.15) is 13.2 Å². The third-order valence-corrected chi connectivity index (χ3v) is 2.38. The van der Waals surface area contributed by atoms with E-state index in [0.29, 0.717) is 6.07 Å². The summed E-state index contributed by atoms with van der Waals surface area (Å²) in [7, 11) is 0. The van der Waals surface area contributed by atoms with Gasteiger partial charge in [0.1, 0.15) is 0 Å². The molecule has 0 saturated heterocycles. The smallest absolute Gasteiger partial charge is 0.416 e. The van der Waals surface area contributed by atoms with Gasteiger partial charge in [0, 0.05) is 12.1 Å². The predicted octanol–water partition coefficient (Wildman–Crippen LogP) is 3.58. The first-order valence-corrected chi connectivity index (χ1v) is 5.93. The highest BCUT2D eigenvalue weighted by Crippen LogP contribution is 2.32. The second-order valence-corrected chi connectivity index (χ2v) is 3.98. The summed E-state index contributed by atoms with van der Waals surface area (Å²) < 4.78 is 42.6. The van der Waals surface area contributed by atoms with Crippen molar-refractivity contribution in [1.82, 2.24) is 0 Å². The molecule has 0 bridgehead atoms. The summed E-state index contributed by atoms with van der Waals surface area (Å²) in [5, 5.41) is 10.6. The van der Waals surface area contributed by atoms with Gasteiger partial charge in [-0.05, 0) is 18.6 Å². The molecular formula is C13H12F3NO4. The third kappa shape index (κ3) is 5.25. The normalized spacial score (nSPS) is 11.6. The fraction of sp³-hybridized carbons (Fsp3) is 0.308. The number of benzene rings is 1. The summed E-state index contributed by atoms with van der Waals surface area (Å²) in [4.78, 5) is 20.8. The Morgan fingerprint density at radius 3 is 2.57 bits per heavy atom. The molecule has 1 aromatic carbocycles. The van der Waals surface area contributed by atoms with E-state index < -0.39 is 28.3 Å². The van der Waals surface area contributed by atoms with Crippen molar-refractivity contribution in [1.29, 1.82) is 0 Å². The first-order chi connectivity index (χ1) is 9.74. The number of nitro benzene ring substituents is 1. The van der Waals surface area contributed by atoms with Crippen molar-refractivity contribution in [3.63, 3.8) is 0 Å². The number of hydrogen-bond donors (Lipinski definition) is 0. The van der Waals surface area contributed by atoms with E-state index in [1.165, 1.54) is 12.2 Å². The van der Waals surface area contributed by atoms with E-state index >= 15 is 0 Å². The van der Waals surface area contributed by atoms with Crippen LogP contribution in [0, 0.1) is 10.1 Å². The molecule has 0 fully saturated rings. The Bertz CT molecular complexity index is 567. The first-order valence-electron chi connectivity index (χ1n) is 5.93. The average molecular weight is 303 g/mol. The van der Waals surface area contributed by atoms with Crippen LogP contribution in [0.15, 0.2) is 24.3 Å². The number of halogens is 3. The fourth-order valence-corrected chi connectivity index (χ4v) is 1.51. The molecule has 8 heteroatoms. The number of ether oxygens (including phenoxy) is 1. The summed E-state index contributed by atoms with van der Waals surface area (Å²) in [6, 6.07) is 2.23. The van der Waals surface area contributed by atoms with Gasteiger partial charge in [0.05, 0.1) is 23.5 Å². The maximum atomic E-state index is 12.6. The Morgan fingerprint density at radius 1 is 1.38 bits per heavy atom. The molecule has 5 nitrogen and oxygen atoms in total. The minimum absolute atomic E-state index is 0.0131.